The molecule has 0 radical (unpaired) electrons. The number of hydrogen-bond donors (Lipinski definition) is 3. The van der Waals surface area contributed by atoms with Crippen LogP contribution in [0.1, 0.15) is 75.4 Å². The third-order valence-corrected chi connectivity index (χ3v) is 9.68. The number of hydroxylamine groups is 1. The highest BCUT2D eigenvalue weighted by Gasteiger charge is 2.49. The standard InChI is InChI=1S/C30H35Cl2N5O7S/c1-36-24(30(40)43-2)15-33-25(36)16-44-34-28(38)26-18-8-4-5-9-19(18)29(39)37(27(26)20-13-12-17(31)14-21(20)32)23-11-7-6-10-22(23)35-45(3,41)42/h4-5,8-9,12-15,22-23,26-28,34-35,38H,6-7,10-11,16H2,1-3H3/t22-,23-,26+,27-,28?/m0/s1. The fraction of sp³-hybridized carbons (Fsp3) is 0.433. The molecule has 1 aliphatic heterocycles. The average molecular weight is 681 g/mol. The predicted octanol–water partition coefficient (Wildman–Crippen LogP) is 3.69. The number of aromatic nitrogens is 2. The van der Waals surface area contributed by atoms with E-state index in [4.69, 9.17) is 32.8 Å². The molecule has 1 aliphatic carbocycles. The fourth-order valence-corrected chi connectivity index (χ4v) is 7.72. The third-order valence-electron chi connectivity index (χ3n) is 8.38. The van der Waals surface area contributed by atoms with E-state index in [1.807, 2.05) is 0 Å². The van der Waals surface area contributed by atoms with E-state index in [1.54, 1.807) is 54.4 Å². The van der Waals surface area contributed by atoms with Crippen LogP contribution in [0.15, 0.2) is 48.7 Å². The van der Waals surface area contributed by atoms with E-state index >= 15 is 0 Å². The number of hydrogen-bond acceptors (Lipinski definition) is 9. The molecule has 1 unspecified atom stereocenters. The van der Waals surface area contributed by atoms with Gasteiger partial charge in [-0.1, -0.05) is 60.3 Å². The number of aliphatic hydroxyl groups is 1. The molecular formula is C30H35Cl2N5O7S. The Labute approximate surface area is 271 Å². The van der Waals surface area contributed by atoms with Crippen molar-refractivity contribution in [3.63, 3.8) is 0 Å². The third kappa shape index (κ3) is 7.04. The lowest BCUT2D eigenvalue weighted by atomic mass is 9.76. The summed E-state index contributed by atoms with van der Waals surface area (Å²) >= 11 is 13.0. The maximum Gasteiger partial charge on any atom is 0.356 e. The zero-order chi connectivity index (χ0) is 32.5. The number of amides is 1. The highest BCUT2D eigenvalue weighted by atomic mass is 35.5. The number of aliphatic hydroxyl groups excluding tert-OH is 1. The molecule has 3 N–H and O–H groups in total. The molecule has 1 aromatic heterocycles. The average Bonchev–Trinajstić information content (AvgIpc) is 3.36. The molecule has 2 aromatic carbocycles. The molecule has 1 amide bonds. The number of nitrogens with zero attached hydrogens (tertiary/aromatic N) is 3. The van der Waals surface area contributed by atoms with Crippen molar-refractivity contribution in [1.29, 1.82) is 0 Å². The number of sulfonamides is 1. The topological polar surface area (TPSA) is 152 Å². The first-order valence-corrected chi connectivity index (χ1v) is 17.0. The van der Waals surface area contributed by atoms with E-state index in [2.05, 4.69) is 15.2 Å². The second kappa shape index (κ2) is 13.8. The van der Waals surface area contributed by atoms with Crippen LogP contribution in [0, 0.1) is 0 Å². The van der Waals surface area contributed by atoms with Crippen molar-refractivity contribution in [3.8, 4) is 0 Å². The Balaban J connectivity index is 1.55. The summed E-state index contributed by atoms with van der Waals surface area (Å²) in [5.74, 6) is -1.28. The maximum atomic E-state index is 14.4. The van der Waals surface area contributed by atoms with E-state index < -0.39 is 46.3 Å². The summed E-state index contributed by atoms with van der Waals surface area (Å²) in [6.07, 6.45) is 3.73. The van der Waals surface area contributed by atoms with Gasteiger partial charge in [0.2, 0.25) is 10.0 Å². The number of benzene rings is 2. The summed E-state index contributed by atoms with van der Waals surface area (Å²) in [5, 5.41) is 12.5. The molecule has 5 atom stereocenters. The number of carbonyl (C=O) groups is 2. The van der Waals surface area contributed by atoms with Crippen molar-refractivity contribution >= 4 is 45.1 Å². The number of halogens is 2. The molecule has 1 saturated carbocycles. The molecule has 12 nitrogen and oxygen atoms in total. The summed E-state index contributed by atoms with van der Waals surface area (Å²) in [5.41, 5.74) is 4.41. The van der Waals surface area contributed by atoms with Gasteiger partial charge in [-0.15, -0.1) is 0 Å². The Hall–Kier alpha value is -3.04. The van der Waals surface area contributed by atoms with Gasteiger partial charge in [0, 0.05) is 34.7 Å². The molecule has 242 valence electrons. The lowest BCUT2D eigenvalue weighted by molar-refractivity contribution is -0.0917. The Bertz CT molecular complexity index is 1680. The molecule has 0 bridgehead atoms. The molecule has 15 heteroatoms. The van der Waals surface area contributed by atoms with Crippen LogP contribution in [0.5, 0.6) is 0 Å². The number of ether oxygens (including phenoxy) is 1. The SMILES string of the molecule is COC(=O)c1cnc(CONC(O)[C@@H]2c3ccccc3C(=O)N([C@H]3CCCC[C@@H]3NS(C)(=O)=O)[C@H]2c2ccc(Cl)cc2Cl)n1C. The van der Waals surface area contributed by atoms with Crippen LogP contribution < -0.4 is 10.2 Å². The molecule has 0 saturated heterocycles. The number of methoxy groups -OCH3 is 1. The molecule has 2 heterocycles. The van der Waals surface area contributed by atoms with Crippen molar-refractivity contribution in [2.24, 2.45) is 7.05 Å². The molecule has 1 fully saturated rings. The predicted molar refractivity (Wildman–Crippen MR) is 167 cm³/mol. The zero-order valence-electron chi connectivity index (χ0n) is 24.9. The van der Waals surface area contributed by atoms with Crippen molar-refractivity contribution in [3.05, 3.63) is 86.9 Å². The molecule has 3 aromatic rings. The second-order valence-electron chi connectivity index (χ2n) is 11.2. The van der Waals surface area contributed by atoms with Gasteiger partial charge in [-0.2, -0.15) is 5.48 Å². The minimum Gasteiger partial charge on any atom is -0.464 e. The Morgan fingerprint density at radius 2 is 1.89 bits per heavy atom. The molecule has 0 spiro atoms. The van der Waals surface area contributed by atoms with Gasteiger partial charge in [-0.05, 0) is 42.2 Å². The van der Waals surface area contributed by atoms with Crippen LogP contribution >= 0.6 is 23.2 Å². The molecule has 5 rings (SSSR count). The smallest absolute Gasteiger partial charge is 0.356 e. The molecular weight excluding hydrogens is 645 g/mol. The van der Waals surface area contributed by atoms with Crippen LogP contribution in [0.4, 0.5) is 0 Å². The summed E-state index contributed by atoms with van der Waals surface area (Å²) in [4.78, 5) is 37.9. The van der Waals surface area contributed by atoms with Crippen LogP contribution in [-0.4, -0.2) is 71.5 Å². The lowest BCUT2D eigenvalue weighted by Crippen LogP contribution is -2.59. The first-order chi connectivity index (χ1) is 21.4. The van der Waals surface area contributed by atoms with Gasteiger partial charge < -0.3 is 19.3 Å². The van der Waals surface area contributed by atoms with Gasteiger partial charge in [0.25, 0.3) is 5.91 Å². The Morgan fingerprint density at radius 3 is 2.60 bits per heavy atom. The number of carbonyl (C=O) groups excluding carboxylic acids is 2. The minimum atomic E-state index is -3.60. The molecule has 45 heavy (non-hydrogen) atoms. The van der Waals surface area contributed by atoms with Crippen molar-refractivity contribution in [2.45, 2.75) is 62.6 Å². The summed E-state index contributed by atoms with van der Waals surface area (Å²) in [6.45, 7) is -0.114. The number of imidazole rings is 1. The highest BCUT2D eigenvalue weighted by molar-refractivity contribution is 7.88. The number of esters is 1. The van der Waals surface area contributed by atoms with Crippen LogP contribution in [0.3, 0.4) is 0 Å². The summed E-state index contributed by atoms with van der Waals surface area (Å²) in [7, 11) is -0.685. The number of fused-ring (bicyclic) bond motifs is 1. The number of nitrogens with one attached hydrogen (secondary N) is 2. The monoisotopic (exact) mass is 679 g/mol. The first kappa shape index (κ1) is 33.3. The van der Waals surface area contributed by atoms with E-state index in [0.29, 0.717) is 40.4 Å². The van der Waals surface area contributed by atoms with E-state index in [9.17, 15) is 23.1 Å². The zero-order valence-corrected chi connectivity index (χ0v) is 27.3. The van der Waals surface area contributed by atoms with Crippen LogP contribution in [0.25, 0.3) is 0 Å². The normalized spacial score (nSPS) is 22.6. The van der Waals surface area contributed by atoms with Gasteiger partial charge in [0.1, 0.15) is 24.4 Å². The van der Waals surface area contributed by atoms with Crippen molar-refractivity contribution < 1.29 is 32.7 Å². The first-order valence-electron chi connectivity index (χ1n) is 14.4. The minimum absolute atomic E-state index is 0.114. The van der Waals surface area contributed by atoms with Crippen molar-refractivity contribution in [1.82, 2.24) is 24.7 Å². The fourth-order valence-electron chi connectivity index (χ4n) is 6.37. The van der Waals surface area contributed by atoms with E-state index in [1.165, 1.54) is 17.9 Å². The lowest BCUT2D eigenvalue weighted by Gasteiger charge is -2.50. The van der Waals surface area contributed by atoms with Gasteiger partial charge >= 0.3 is 5.97 Å². The molecule has 2 aliphatic rings. The largest absolute Gasteiger partial charge is 0.464 e. The van der Waals surface area contributed by atoms with Crippen molar-refractivity contribution in [2.75, 3.05) is 13.4 Å². The summed E-state index contributed by atoms with van der Waals surface area (Å²) < 4.78 is 33.8. The summed E-state index contributed by atoms with van der Waals surface area (Å²) in [6, 6.07) is 10.00. The van der Waals surface area contributed by atoms with Crippen LogP contribution in [0.2, 0.25) is 10.0 Å². The van der Waals surface area contributed by atoms with E-state index in [0.717, 1.165) is 19.1 Å². The second-order valence-corrected chi connectivity index (χ2v) is 13.9. The van der Waals surface area contributed by atoms with Gasteiger partial charge in [0.05, 0.1) is 31.5 Å². The maximum absolute atomic E-state index is 14.4. The van der Waals surface area contributed by atoms with Crippen LogP contribution in [-0.2, 0) is 33.3 Å². The highest BCUT2D eigenvalue weighted by Crippen LogP contribution is 2.48. The van der Waals surface area contributed by atoms with Gasteiger partial charge in [-0.25, -0.2) is 22.9 Å². The number of rotatable bonds is 10. The Kier molecular flexibility index (Phi) is 10.2. The Morgan fingerprint density at radius 1 is 1.16 bits per heavy atom. The quantitative estimate of drug-likeness (QED) is 0.165. The van der Waals surface area contributed by atoms with Gasteiger partial charge in [0.15, 0.2) is 0 Å². The van der Waals surface area contributed by atoms with E-state index in [-0.39, 0.29) is 23.2 Å². The van der Waals surface area contributed by atoms with Gasteiger partial charge in [-0.3, -0.25) is 9.63 Å².